The number of nitrogens with one attached hydrogen (secondary N) is 1. The van der Waals surface area contributed by atoms with E-state index in [1.54, 1.807) is 25.1 Å². The Balaban J connectivity index is 0.00000324. The van der Waals surface area contributed by atoms with Crippen molar-refractivity contribution in [1.82, 2.24) is 15.1 Å². The number of piperidine rings is 1. The van der Waals surface area contributed by atoms with E-state index in [4.69, 9.17) is 0 Å². The van der Waals surface area contributed by atoms with Crippen LogP contribution >= 0.6 is 24.0 Å². The summed E-state index contributed by atoms with van der Waals surface area (Å²) in [6, 6.07) is 0. The Morgan fingerprint density at radius 1 is 1.37 bits per heavy atom. The van der Waals surface area contributed by atoms with Crippen molar-refractivity contribution in [3.8, 4) is 0 Å². The van der Waals surface area contributed by atoms with Crippen LogP contribution in [-0.4, -0.2) is 61.9 Å². The summed E-state index contributed by atoms with van der Waals surface area (Å²) in [6.07, 6.45) is 5.46. The Hall–Kier alpha value is -0.790. The number of halogens is 1. The number of guanidine groups is 1. The summed E-state index contributed by atoms with van der Waals surface area (Å²) in [6.45, 7) is 6.59. The van der Waals surface area contributed by atoms with Crippen LogP contribution in [0, 0.1) is 0 Å². The maximum atomic E-state index is 11.6. The second-order valence-corrected chi connectivity index (χ2v) is 4.65. The van der Waals surface area contributed by atoms with E-state index >= 15 is 0 Å². The minimum Gasteiger partial charge on any atom is -0.353 e. The summed E-state index contributed by atoms with van der Waals surface area (Å²) in [5.74, 6) is 0.842. The minimum atomic E-state index is 0. The molecule has 6 heteroatoms. The zero-order valence-electron chi connectivity index (χ0n) is 11.9. The average Bonchev–Trinajstić information content (AvgIpc) is 2.39. The van der Waals surface area contributed by atoms with Gasteiger partial charge >= 0.3 is 0 Å². The van der Waals surface area contributed by atoms with Crippen LogP contribution in [0.4, 0.5) is 0 Å². The fourth-order valence-electron chi connectivity index (χ4n) is 1.82. The Kier molecular flexibility index (Phi) is 9.63. The van der Waals surface area contributed by atoms with Gasteiger partial charge in [-0.2, -0.15) is 0 Å². The molecule has 0 aromatic carbocycles. The van der Waals surface area contributed by atoms with Crippen LogP contribution in [0.5, 0.6) is 0 Å². The molecule has 0 aromatic heterocycles. The maximum Gasteiger partial charge on any atom is 0.243 e. The molecular weight excluding hydrogens is 355 g/mol. The van der Waals surface area contributed by atoms with Crippen LogP contribution in [-0.2, 0) is 4.79 Å². The van der Waals surface area contributed by atoms with Crippen molar-refractivity contribution in [1.29, 1.82) is 0 Å². The van der Waals surface area contributed by atoms with Gasteiger partial charge in [-0.25, -0.2) is 4.99 Å². The lowest BCUT2D eigenvalue weighted by molar-refractivity contribution is -0.127. The molecule has 1 fully saturated rings. The number of hydrogen-bond acceptors (Lipinski definition) is 2. The van der Waals surface area contributed by atoms with E-state index in [9.17, 15) is 4.79 Å². The number of carbonyl (C=O) groups is 1. The summed E-state index contributed by atoms with van der Waals surface area (Å²) in [7, 11) is 3.49. The second kappa shape index (κ2) is 10.1. The van der Waals surface area contributed by atoms with Gasteiger partial charge in [0.25, 0.3) is 0 Å². The van der Waals surface area contributed by atoms with E-state index in [1.807, 2.05) is 0 Å². The van der Waals surface area contributed by atoms with E-state index in [0.717, 1.165) is 19.0 Å². The normalized spacial score (nSPS) is 15.5. The lowest BCUT2D eigenvalue weighted by Gasteiger charge is -2.30. The van der Waals surface area contributed by atoms with Crippen molar-refractivity contribution in [2.75, 3.05) is 40.3 Å². The molecule has 0 radical (unpaired) electrons. The average molecular weight is 380 g/mol. The first kappa shape index (κ1) is 18.2. The van der Waals surface area contributed by atoms with Crippen molar-refractivity contribution in [2.24, 2.45) is 4.99 Å². The molecule has 0 saturated carbocycles. The molecule has 0 aromatic rings. The SMILES string of the molecule is C=CCNC(=NCC(=O)N(C)C)N1CCCCC1.I. The quantitative estimate of drug-likeness (QED) is 0.346. The summed E-state index contributed by atoms with van der Waals surface area (Å²) in [5.41, 5.74) is 0. The van der Waals surface area contributed by atoms with Crippen molar-refractivity contribution in [3.63, 3.8) is 0 Å². The zero-order chi connectivity index (χ0) is 13.4. The van der Waals surface area contributed by atoms with Gasteiger partial charge in [0, 0.05) is 33.7 Å². The first-order chi connectivity index (χ1) is 8.65. The van der Waals surface area contributed by atoms with Gasteiger partial charge in [0.15, 0.2) is 5.96 Å². The number of aliphatic imine (C=N–C) groups is 1. The zero-order valence-corrected chi connectivity index (χ0v) is 14.2. The molecule has 0 aliphatic carbocycles. The highest BCUT2D eigenvalue weighted by Crippen LogP contribution is 2.08. The van der Waals surface area contributed by atoms with E-state index in [1.165, 1.54) is 19.3 Å². The summed E-state index contributed by atoms with van der Waals surface area (Å²) < 4.78 is 0. The molecule has 1 amide bonds. The first-order valence-electron chi connectivity index (χ1n) is 6.49. The molecule has 5 nitrogen and oxygen atoms in total. The Labute approximate surface area is 133 Å². The first-order valence-corrected chi connectivity index (χ1v) is 6.49. The van der Waals surface area contributed by atoms with Gasteiger partial charge in [-0.15, -0.1) is 30.6 Å². The smallest absolute Gasteiger partial charge is 0.243 e. The third-order valence-corrected chi connectivity index (χ3v) is 2.92. The molecule has 1 heterocycles. The second-order valence-electron chi connectivity index (χ2n) is 4.65. The van der Waals surface area contributed by atoms with Gasteiger partial charge in [0.05, 0.1) is 0 Å². The van der Waals surface area contributed by atoms with Crippen LogP contribution in [0.1, 0.15) is 19.3 Å². The highest BCUT2D eigenvalue weighted by Gasteiger charge is 2.14. The number of amides is 1. The number of rotatable bonds is 4. The third kappa shape index (κ3) is 6.79. The van der Waals surface area contributed by atoms with Crippen LogP contribution in [0.2, 0.25) is 0 Å². The minimum absolute atomic E-state index is 0. The van der Waals surface area contributed by atoms with Crippen LogP contribution in [0.15, 0.2) is 17.6 Å². The predicted molar refractivity (Wildman–Crippen MR) is 90.0 cm³/mol. The van der Waals surface area contributed by atoms with Crippen LogP contribution in [0.25, 0.3) is 0 Å². The van der Waals surface area contributed by atoms with Gasteiger partial charge in [-0.05, 0) is 19.3 Å². The van der Waals surface area contributed by atoms with E-state index in [2.05, 4.69) is 21.8 Å². The molecule has 0 atom stereocenters. The summed E-state index contributed by atoms with van der Waals surface area (Å²) >= 11 is 0. The highest BCUT2D eigenvalue weighted by atomic mass is 127. The fraction of sp³-hybridized carbons (Fsp3) is 0.692. The summed E-state index contributed by atoms with van der Waals surface area (Å²) in [5, 5.41) is 3.22. The summed E-state index contributed by atoms with van der Waals surface area (Å²) in [4.78, 5) is 19.7. The molecular formula is C13H25IN4O. The molecule has 110 valence electrons. The predicted octanol–water partition coefficient (Wildman–Crippen LogP) is 1.31. The molecule has 0 spiro atoms. The standard InChI is InChI=1S/C13H24N4O.HI/c1-4-8-14-13(15-11-12(18)16(2)3)17-9-6-5-7-10-17;/h4H,1,5-11H2,2-3H3,(H,14,15);1H. The van der Waals surface area contributed by atoms with E-state index in [-0.39, 0.29) is 36.4 Å². The van der Waals surface area contributed by atoms with Crippen LogP contribution in [0.3, 0.4) is 0 Å². The highest BCUT2D eigenvalue weighted by molar-refractivity contribution is 14.0. The number of hydrogen-bond donors (Lipinski definition) is 1. The van der Waals surface area contributed by atoms with Crippen LogP contribution < -0.4 is 5.32 Å². The number of likely N-dealkylation sites (N-methyl/N-ethyl adjacent to an activating group) is 1. The lowest BCUT2D eigenvalue weighted by Crippen LogP contribution is -2.44. The molecule has 1 N–H and O–H groups in total. The molecule has 0 unspecified atom stereocenters. The van der Waals surface area contributed by atoms with Gasteiger partial charge in [-0.1, -0.05) is 6.08 Å². The Morgan fingerprint density at radius 3 is 2.53 bits per heavy atom. The van der Waals surface area contributed by atoms with E-state index in [0.29, 0.717) is 6.54 Å². The lowest BCUT2D eigenvalue weighted by atomic mass is 10.1. The van der Waals surface area contributed by atoms with Gasteiger partial charge in [0.2, 0.25) is 5.91 Å². The topological polar surface area (TPSA) is 47.9 Å². The third-order valence-electron chi connectivity index (χ3n) is 2.92. The number of likely N-dealkylation sites (tertiary alicyclic amines) is 1. The van der Waals surface area contributed by atoms with Gasteiger partial charge in [0.1, 0.15) is 6.54 Å². The molecule has 1 rings (SSSR count). The van der Waals surface area contributed by atoms with E-state index < -0.39 is 0 Å². The molecule has 0 bridgehead atoms. The molecule has 1 aliphatic heterocycles. The van der Waals surface area contributed by atoms with Crippen molar-refractivity contribution in [2.45, 2.75) is 19.3 Å². The fourth-order valence-corrected chi connectivity index (χ4v) is 1.82. The maximum absolute atomic E-state index is 11.6. The monoisotopic (exact) mass is 380 g/mol. The largest absolute Gasteiger partial charge is 0.353 e. The van der Waals surface area contributed by atoms with Crippen molar-refractivity contribution in [3.05, 3.63) is 12.7 Å². The Morgan fingerprint density at radius 2 is 2.00 bits per heavy atom. The molecule has 19 heavy (non-hydrogen) atoms. The van der Waals surface area contributed by atoms with Crippen molar-refractivity contribution >= 4 is 35.8 Å². The molecule has 1 saturated heterocycles. The number of nitrogens with zero attached hydrogens (tertiary/aromatic N) is 3. The number of carbonyl (C=O) groups excluding carboxylic acids is 1. The van der Waals surface area contributed by atoms with Gasteiger partial charge in [-0.3, -0.25) is 4.79 Å². The Bertz CT molecular complexity index is 312. The molecule has 1 aliphatic rings. The van der Waals surface area contributed by atoms with Crippen molar-refractivity contribution < 1.29 is 4.79 Å². The van der Waals surface area contributed by atoms with Gasteiger partial charge < -0.3 is 15.1 Å².